The number of nitrogens with one attached hydrogen (secondary N) is 1. The number of benzene rings is 1. The molecule has 0 spiro atoms. The molecule has 1 amide bonds. The van der Waals surface area contributed by atoms with Gasteiger partial charge in [0.25, 0.3) is 0 Å². The summed E-state index contributed by atoms with van der Waals surface area (Å²) in [6.45, 7) is 1.57. The summed E-state index contributed by atoms with van der Waals surface area (Å²) < 4.78 is 7.44. The van der Waals surface area contributed by atoms with Crippen LogP contribution >= 0.6 is 0 Å². The average molecular weight is 340 g/mol. The highest BCUT2D eigenvalue weighted by atomic mass is 16.5. The van der Waals surface area contributed by atoms with E-state index in [0.29, 0.717) is 6.42 Å². The minimum Gasteiger partial charge on any atom is -0.493 e. The van der Waals surface area contributed by atoms with E-state index < -0.39 is 0 Å². The van der Waals surface area contributed by atoms with Crippen molar-refractivity contribution in [3.63, 3.8) is 0 Å². The van der Waals surface area contributed by atoms with Crippen LogP contribution in [0.3, 0.4) is 0 Å². The molecule has 25 heavy (non-hydrogen) atoms. The number of hydrogen-bond acceptors (Lipinski definition) is 4. The maximum atomic E-state index is 12.2. The average Bonchev–Trinajstić information content (AvgIpc) is 3.24. The highest BCUT2D eigenvalue weighted by molar-refractivity contribution is 5.77. The first kappa shape index (κ1) is 16.1. The van der Waals surface area contributed by atoms with Crippen LogP contribution in [0.4, 0.5) is 0 Å². The Morgan fingerprint density at radius 3 is 2.96 bits per heavy atom. The molecular formula is C19H24N4O2. The Hall–Kier alpha value is -2.34. The van der Waals surface area contributed by atoms with Crippen LogP contribution in [0.1, 0.15) is 35.7 Å². The molecule has 0 saturated carbocycles. The summed E-state index contributed by atoms with van der Waals surface area (Å²) in [7, 11) is 3.82. The largest absolute Gasteiger partial charge is 0.493 e. The summed E-state index contributed by atoms with van der Waals surface area (Å²) >= 11 is 0. The highest BCUT2D eigenvalue weighted by Crippen LogP contribution is 2.31. The monoisotopic (exact) mass is 340 g/mol. The lowest BCUT2D eigenvalue weighted by Gasteiger charge is -2.39. The molecule has 0 bridgehead atoms. The van der Waals surface area contributed by atoms with Gasteiger partial charge < -0.3 is 15.0 Å². The molecule has 1 N–H and O–H groups in total. The van der Waals surface area contributed by atoms with Gasteiger partial charge in [0.1, 0.15) is 5.75 Å². The van der Waals surface area contributed by atoms with E-state index in [1.165, 1.54) is 11.1 Å². The maximum Gasteiger partial charge on any atom is 0.222 e. The van der Waals surface area contributed by atoms with E-state index in [2.05, 4.69) is 28.6 Å². The van der Waals surface area contributed by atoms with Gasteiger partial charge in [-0.1, -0.05) is 12.1 Å². The summed E-state index contributed by atoms with van der Waals surface area (Å²) in [6, 6.07) is 8.63. The Balaban J connectivity index is 1.51. The number of aromatic nitrogens is 2. The molecule has 0 unspecified atom stereocenters. The molecule has 1 saturated heterocycles. The van der Waals surface area contributed by atoms with Crippen LogP contribution in [-0.2, 0) is 24.8 Å². The molecular weight excluding hydrogens is 316 g/mol. The predicted octanol–water partition coefficient (Wildman–Crippen LogP) is 1.81. The van der Waals surface area contributed by atoms with E-state index in [0.717, 1.165) is 37.4 Å². The highest BCUT2D eigenvalue weighted by Gasteiger charge is 2.35. The molecule has 132 valence electrons. The van der Waals surface area contributed by atoms with Crippen molar-refractivity contribution in [1.82, 2.24) is 20.0 Å². The van der Waals surface area contributed by atoms with Gasteiger partial charge in [-0.05, 0) is 29.7 Å². The fourth-order valence-corrected chi connectivity index (χ4v) is 3.93. The molecule has 2 aliphatic heterocycles. The van der Waals surface area contributed by atoms with E-state index in [4.69, 9.17) is 4.74 Å². The molecule has 0 aliphatic carbocycles. The molecule has 4 rings (SSSR count). The van der Waals surface area contributed by atoms with Crippen LogP contribution < -0.4 is 10.1 Å². The standard InChI is InChI=1S/C19H24N4O2/c1-22-18(24)6-4-15(19(22)16-7-9-21-23(16)2)20-12-13-3-5-17-14(11-13)8-10-25-17/h3,5,7,9,11,15,19-20H,4,6,8,10,12H2,1-2H3/t15-,19-/m0/s1. The fraction of sp³-hybridized carbons (Fsp3) is 0.474. The number of aryl methyl sites for hydroxylation is 1. The van der Waals surface area contributed by atoms with E-state index >= 15 is 0 Å². The Bertz CT molecular complexity index is 785. The van der Waals surface area contributed by atoms with Crippen molar-refractivity contribution in [2.24, 2.45) is 7.05 Å². The van der Waals surface area contributed by atoms with Crippen LogP contribution in [0.5, 0.6) is 5.75 Å². The van der Waals surface area contributed by atoms with Crippen LogP contribution in [-0.4, -0.2) is 40.3 Å². The van der Waals surface area contributed by atoms with Crippen molar-refractivity contribution in [3.8, 4) is 5.75 Å². The molecule has 0 radical (unpaired) electrons. The second-order valence-corrected chi connectivity index (χ2v) is 6.90. The van der Waals surface area contributed by atoms with Gasteiger partial charge in [0.05, 0.1) is 18.3 Å². The molecule has 6 heteroatoms. The van der Waals surface area contributed by atoms with Gasteiger partial charge in [0.15, 0.2) is 0 Å². The molecule has 2 atom stereocenters. The molecule has 2 aromatic rings. The van der Waals surface area contributed by atoms with E-state index in [1.807, 2.05) is 29.7 Å². The number of piperidine rings is 1. The number of hydrogen-bond donors (Lipinski definition) is 1. The summed E-state index contributed by atoms with van der Waals surface area (Å²) in [5.41, 5.74) is 3.61. The van der Waals surface area contributed by atoms with Gasteiger partial charge in [-0.25, -0.2) is 0 Å². The zero-order valence-electron chi connectivity index (χ0n) is 14.7. The molecule has 6 nitrogen and oxygen atoms in total. The van der Waals surface area contributed by atoms with Gasteiger partial charge in [-0.3, -0.25) is 9.48 Å². The van der Waals surface area contributed by atoms with Gasteiger partial charge in [0.2, 0.25) is 5.91 Å². The SMILES string of the molecule is CN1C(=O)CC[C@H](NCc2ccc3c(c2)CCO3)[C@H]1c1ccnn1C. The van der Waals surface area contributed by atoms with Crippen LogP contribution in [0.25, 0.3) is 0 Å². The van der Waals surface area contributed by atoms with Gasteiger partial charge in [-0.15, -0.1) is 0 Å². The van der Waals surface area contributed by atoms with Crippen molar-refractivity contribution in [1.29, 1.82) is 0 Å². The van der Waals surface area contributed by atoms with Crippen molar-refractivity contribution in [3.05, 3.63) is 47.3 Å². The Morgan fingerprint density at radius 2 is 2.16 bits per heavy atom. The molecule has 3 heterocycles. The third kappa shape index (κ3) is 3.02. The normalized spacial score (nSPS) is 22.8. The number of ether oxygens (including phenoxy) is 1. The summed E-state index contributed by atoms with van der Waals surface area (Å²) in [5, 5.41) is 7.95. The first-order chi connectivity index (χ1) is 12.1. The van der Waals surface area contributed by atoms with E-state index in [9.17, 15) is 4.79 Å². The van der Waals surface area contributed by atoms with Crippen LogP contribution in [0.15, 0.2) is 30.5 Å². The maximum absolute atomic E-state index is 12.2. The number of carbonyl (C=O) groups excluding carboxylic acids is 1. The number of likely N-dealkylation sites (tertiary alicyclic amines) is 1. The second-order valence-electron chi connectivity index (χ2n) is 6.90. The van der Waals surface area contributed by atoms with Crippen molar-refractivity contribution < 1.29 is 9.53 Å². The number of carbonyl (C=O) groups is 1. The van der Waals surface area contributed by atoms with E-state index in [1.54, 1.807) is 6.20 Å². The number of rotatable bonds is 4. The van der Waals surface area contributed by atoms with Gasteiger partial charge >= 0.3 is 0 Å². The first-order valence-electron chi connectivity index (χ1n) is 8.85. The zero-order valence-corrected chi connectivity index (χ0v) is 14.7. The minimum absolute atomic E-state index is 0.00603. The Morgan fingerprint density at radius 1 is 1.28 bits per heavy atom. The first-order valence-corrected chi connectivity index (χ1v) is 8.85. The third-order valence-electron chi connectivity index (χ3n) is 5.35. The van der Waals surface area contributed by atoms with Crippen LogP contribution in [0, 0.1) is 0 Å². The van der Waals surface area contributed by atoms with E-state index in [-0.39, 0.29) is 18.0 Å². The fourth-order valence-electron chi connectivity index (χ4n) is 3.93. The Labute approximate surface area is 147 Å². The lowest BCUT2D eigenvalue weighted by molar-refractivity contribution is -0.136. The molecule has 1 aromatic carbocycles. The number of fused-ring (bicyclic) bond motifs is 1. The smallest absolute Gasteiger partial charge is 0.222 e. The Kier molecular flexibility index (Phi) is 4.21. The lowest BCUT2D eigenvalue weighted by atomic mass is 9.93. The number of nitrogens with zero attached hydrogens (tertiary/aromatic N) is 3. The topological polar surface area (TPSA) is 59.4 Å². The summed E-state index contributed by atoms with van der Waals surface area (Å²) in [5.74, 6) is 1.21. The number of likely N-dealkylation sites (N-methyl/N-ethyl adjacent to an activating group) is 1. The van der Waals surface area contributed by atoms with Crippen molar-refractivity contribution in [2.75, 3.05) is 13.7 Å². The quantitative estimate of drug-likeness (QED) is 0.922. The van der Waals surface area contributed by atoms with Gasteiger partial charge in [-0.2, -0.15) is 5.10 Å². The second kappa shape index (κ2) is 6.52. The predicted molar refractivity (Wildman–Crippen MR) is 94.2 cm³/mol. The number of amides is 1. The summed E-state index contributed by atoms with van der Waals surface area (Å²) in [4.78, 5) is 14.1. The molecule has 1 fully saturated rings. The van der Waals surface area contributed by atoms with Crippen LogP contribution in [0.2, 0.25) is 0 Å². The van der Waals surface area contributed by atoms with Crippen molar-refractivity contribution >= 4 is 5.91 Å². The molecule has 1 aromatic heterocycles. The van der Waals surface area contributed by atoms with Crippen molar-refractivity contribution in [2.45, 2.75) is 37.9 Å². The van der Waals surface area contributed by atoms with Gasteiger partial charge in [0, 0.05) is 45.7 Å². The summed E-state index contributed by atoms with van der Waals surface area (Å²) in [6.07, 6.45) is 4.20. The lowest BCUT2D eigenvalue weighted by Crippen LogP contribution is -2.49. The third-order valence-corrected chi connectivity index (χ3v) is 5.35. The zero-order chi connectivity index (χ0) is 17.4. The molecule has 2 aliphatic rings. The minimum atomic E-state index is 0.00603.